The zero-order valence-electron chi connectivity index (χ0n) is 12.3. The second-order valence-electron chi connectivity index (χ2n) is 4.99. The van der Waals surface area contributed by atoms with Crippen LogP contribution in [0.4, 0.5) is 0 Å². The fraction of sp³-hybridized carbons (Fsp3) is 0.312. The van der Waals surface area contributed by atoms with Crippen molar-refractivity contribution in [2.24, 2.45) is 0 Å². The van der Waals surface area contributed by atoms with Crippen LogP contribution in [0.25, 0.3) is 0 Å². The number of aromatic nitrogens is 2. The van der Waals surface area contributed by atoms with Gasteiger partial charge in [-0.3, -0.25) is 19.6 Å². The summed E-state index contributed by atoms with van der Waals surface area (Å²) in [7, 11) is 0. The van der Waals surface area contributed by atoms with Gasteiger partial charge in [0.05, 0.1) is 16.6 Å². The molecule has 22 heavy (non-hydrogen) atoms. The van der Waals surface area contributed by atoms with E-state index >= 15 is 0 Å². The van der Waals surface area contributed by atoms with Crippen LogP contribution in [-0.4, -0.2) is 21.6 Å². The van der Waals surface area contributed by atoms with E-state index in [9.17, 15) is 9.59 Å². The third kappa shape index (κ3) is 4.18. The first-order valence-electron chi connectivity index (χ1n) is 7.19. The molecular formula is C16H18ClN3O2. The minimum atomic E-state index is -0.480. The predicted molar refractivity (Wildman–Crippen MR) is 84.7 cm³/mol. The average Bonchev–Trinajstić information content (AvgIpc) is 3.01. The van der Waals surface area contributed by atoms with Gasteiger partial charge < -0.3 is 0 Å². The van der Waals surface area contributed by atoms with Gasteiger partial charge in [0, 0.05) is 18.8 Å². The van der Waals surface area contributed by atoms with Crippen LogP contribution in [0.3, 0.4) is 0 Å². The molecule has 1 aromatic carbocycles. The number of halogens is 1. The number of nitrogens with zero attached hydrogens (tertiary/aromatic N) is 2. The summed E-state index contributed by atoms with van der Waals surface area (Å²) in [6, 6.07) is 8.39. The van der Waals surface area contributed by atoms with Gasteiger partial charge in [-0.1, -0.05) is 37.1 Å². The van der Waals surface area contributed by atoms with Gasteiger partial charge in [-0.25, -0.2) is 0 Å². The van der Waals surface area contributed by atoms with E-state index in [0.717, 1.165) is 12.8 Å². The lowest BCUT2D eigenvalue weighted by atomic mass is 10.1. The standard InChI is InChI=1S/C16H18ClN3O2/c1-2-6-12(20-10-5-9-18-20)11-15(21)19-16(22)13-7-3-4-8-14(13)17/h3-5,7-10,12H,2,6,11H2,1H3,(H,19,21,22). The smallest absolute Gasteiger partial charge is 0.259 e. The number of amides is 2. The van der Waals surface area contributed by atoms with E-state index in [1.165, 1.54) is 0 Å². The Kier molecular flexibility index (Phi) is 5.72. The molecule has 0 aliphatic carbocycles. The predicted octanol–water partition coefficient (Wildman–Crippen LogP) is 3.22. The maximum absolute atomic E-state index is 12.1. The Labute approximate surface area is 134 Å². The van der Waals surface area contributed by atoms with Gasteiger partial charge in [-0.05, 0) is 24.6 Å². The molecule has 2 amide bonds. The van der Waals surface area contributed by atoms with Crippen molar-refractivity contribution >= 4 is 23.4 Å². The number of rotatable bonds is 6. The molecule has 6 heteroatoms. The molecule has 0 aliphatic heterocycles. The lowest BCUT2D eigenvalue weighted by Gasteiger charge is -2.16. The lowest BCUT2D eigenvalue weighted by Crippen LogP contribution is -2.32. The van der Waals surface area contributed by atoms with Gasteiger partial charge in [-0.15, -0.1) is 0 Å². The Hall–Kier alpha value is -2.14. The fourth-order valence-electron chi connectivity index (χ4n) is 2.26. The molecule has 1 atom stereocenters. The summed E-state index contributed by atoms with van der Waals surface area (Å²) in [5.74, 6) is -0.815. The largest absolute Gasteiger partial charge is 0.292 e. The monoisotopic (exact) mass is 319 g/mol. The molecule has 2 aromatic rings. The SMILES string of the molecule is CCCC(CC(=O)NC(=O)c1ccccc1Cl)n1cccn1. The Bertz CT molecular complexity index is 641. The summed E-state index contributed by atoms with van der Waals surface area (Å²) in [5, 5.41) is 6.88. The summed E-state index contributed by atoms with van der Waals surface area (Å²) < 4.78 is 1.75. The van der Waals surface area contributed by atoms with Crippen molar-refractivity contribution in [3.63, 3.8) is 0 Å². The molecule has 0 saturated heterocycles. The van der Waals surface area contributed by atoms with E-state index in [0.29, 0.717) is 10.6 Å². The Morgan fingerprint density at radius 3 is 2.73 bits per heavy atom. The van der Waals surface area contributed by atoms with Crippen LogP contribution in [0.1, 0.15) is 42.6 Å². The maximum atomic E-state index is 12.1. The number of carbonyl (C=O) groups is 2. The Morgan fingerprint density at radius 2 is 2.09 bits per heavy atom. The van der Waals surface area contributed by atoms with Crippen molar-refractivity contribution in [2.75, 3.05) is 0 Å². The maximum Gasteiger partial charge on any atom is 0.259 e. The van der Waals surface area contributed by atoms with Gasteiger partial charge >= 0.3 is 0 Å². The summed E-state index contributed by atoms with van der Waals surface area (Å²) in [6.07, 6.45) is 5.44. The number of imide groups is 1. The highest BCUT2D eigenvalue weighted by atomic mass is 35.5. The zero-order chi connectivity index (χ0) is 15.9. The molecule has 1 unspecified atom stereocenters. The van der Waals surface area contributed by atoms with Crippen LogP contribution in [-0.2, 0) is 4.79 Å². The van der Waals surface area contributed by atoms with Crippen LogP contribution in [0.15, 0.2) is 42.7 Å². The van der Waals surface area contributed by atoms with Gasteiger partial charge in [0.15, 0.2) is 0 Å². The molecule has 0 fully saturated rings. The first-order chi connectivity index (χ1) is 10.6. The molecule has 0 saturated carbocycles. The summed E-state index contributed by atoms with van der Waals surface area (Å²) in [4.78, 5) is 24.2. The molecule has 5 nitrogen and oxygen atoms in total. The molecule has 0 radical (unpaired) electrons. The van der Waals surface area contributed by atoms with Gasteiger partial charge in [0.2, 0.25) is 5.91 Å². The van der Waals surface area contributed by atoms with Crippen molar-refractivity contribution in [2.45, 2.75) is 32.2 Å². The third-order valence-corrected chi connectivity index (χ3v) is 3.64. The van der Waals surface area contributed by atoms with Crippen LogP contribution in [0, 0.1) is 0 Å². The lowest BCUT2D eigenvalue weighted by molar-refractivity contribution is -0.121. The number of nitrogens with one attached hydrogen (secondary N) is 1. The van der Waals surface area contributed by atoms with Crippen molar-refractivity contribution in [1.82, 2.24) is 15.1 Å². The normalized spacial score (nSPS) is 11.9. The van der Waals surface area contributed by atoms with Crippen LogP contribution < -0.4 is 5.32 Å². The molecule has 1 heterocycles. The van der Waals surface area contributed by atoms with Gasteiger partial charge in [0.1, 0.15) is 0 Å². The van der Waals surface area contributed by atoms with Crippen molar-refractivity contribution < 1.29 is 9.59 Å². The molecule has 2 rings (SSSR count). The van der Waals surface area contributed by atoms with E-state index in [1.807, 2.05) is 19.2 Å². The quantitative estimate of drug-likeness (QED) is 0.889. The summed E-state index contributed by atoms with van der Waals surface area (Å²) >= 11 is 5.95. The molecular weight excluding hydrogens is 302 g/mol. The number of benzene rings is 1. The molecule has 116 valence electrons. The number of hydrogen-bond donors (Lipinski definition) is 1. The van der Waals surface area contributed by atoms with Crippen molar-refractivity contribution in [1.29, 1.82) is 0 Å². The second-order valence-corrected chi connectivity index (χ2v) is 5.40. The second kappa shape index (κ2) is 7.75. The number of carbonyl (C=O) groups excluding carboxylic acids is 2. The van der Waals surface area contributed by atoms with Crippen LogP contribution in [0.2, 0.25) is 5.02 Å². The molecule has 0 bridgehead atoms. The Morgan fingerprint density at radius 1 is 1.32 bits per heavy atom. The topological polar surface area (TPSA) is 64.0 Å². The fourth-order valence-corrected chi connectivity index (χ4v) is 2.48. The first kappa shape index (κ1) is 16.2. The van der Waals surface area contributed by atoms with Crippen LogP contribution in [0.5, 0.6) is 0 Å². The highest BCUT2D eigenvalue weighted by molar-refractivity contribution is 6.34. The summed E-state index contributed by atoms with van der Waals surface area (Å²) in [6.45, 7) is 2.04. The minimum absolute atomic E-state index is 0.0564. The molecule has 1 aromatic heterocycles. The minimum Gasteiger partial charge on any atom is -0.292 e. The number of hydrogen-bond acceptors (Lipinski definition) is 3. The molecule has 1 N–H and O–H groups in total. The highest BCUT2D eigenvalue weighted by Crippen LogP contribution is 2.18. The highest BCUT2D eigenvalue weighted by Gasteiger charge is 2.18. The van der Waals surface area contributed by atoms with E-state index in [-0.39, 0.29) is 18.4 Å². The summed E-state index contributed by atoms with van der Waals surface area (Å²) in [5.41, 5.74) is 0.295. The van der Waals surface area contributed by atoms with Gasteiger partial charge in [-0.2, -0.15) is 5.10 Å². The molecule has 0 aliphatic rings. The van der Waals surface area contributed by atoms with E-state index in [4.69, 9.17) is 11.6 Å². The van der Waals surface area contributed by atoms with Crippen molar-refractivity contribution in [3.05, 3.63) is 53.3 Å². The van der Waals surface area contributed by atoms with Crippen molar-refractivity contribution in [3.8, 4) is 0 Å². The van der Waals surface area contributed by atoms with Crippen LogP contribution >= 0.6 is 11.6 Å². The van der Waals surface area contributed by atoms with Gasteiger partial charge in [0.25, 0.3) is 5.91 Å². The Balaban J connectivity index is 1.99. The molecule has 0 spiro atoms. The van der Waals surface area contributed by atoms with E-state index < -0.39 is 5.91 Å². The average molecular weight is 320 g/mol. The third-order valence-electron chi connectivity index (χ3n) is 3.31. The zero-order valence-corrected chi connectivity index (χ0v) is 13.1. The van der Waals surface area contributed by atoms with E-state index in [2.05, 4.69) is 10.4 Å². The first-order valence-corrected chi connectivity index (χ1v) is 7.57. The van der Waals surface area contributed by atoms with E-state index in [1.54, 1.807) is 35.1 Å².